The van der Waals surface area contributed by atoms with Crippen LogP contribution in [-0.4, -0.2) is 55.7 Å². The zero-order valence-corrected chi connectivity index (χ0v) is 15.1. The van der Waals surface area contributed by atoms with Gasteiger partial charge in [0.25, 0.3) is 5.91 Å². The third kappa shape index (κ3) is 6.84. The van der Waals surface area contributed by atoms with Crippen LogP contribution in [0.1, 0.15) is 42.6 Å². The molecule has 0 bridgehead atoms. The highest BCUT2D eigenvalue weighted by atomic mass is 16.5. The molecule has 6 nitrogen and oxygen atoms in total. The molecule has 0 aliphatic carbocycles. The third-order valence-corrected chi connectivity index (χ3v) is 4.16. The van der Waals surface area contributed by atoms with E-state index in [4.69, 9.17) is 9.47 Å². The largest absolute Gasteiger partial charge is 0.452 e. The van der Waals surface area contributed by atoms with Gasteiger partial charge in [0.2, 0.25) is 0 Å². The van der Waals surface area contributed by atoms with Gasteiger partial charge in [0.05, 0.1) is 18.8 Å². The van der Waals surface area contributed by atoms with Gasteiger partial charge < -0.3 is 14.8 Å². The molecule has 6 heteroatoms. The van der Waals surface area contributed by atoms with Gasteiger partial charge in [-0.1, -0.05) is 25.5 Å². The number of morpholine rings is 1. The fraction of sp³-hybridized carbons (Fsp3) is 0.579. The van der Waals surface area contributed by atoms with Crippen LogP contribution in [0.5, 0.6) is 0 Å². The summed E-state index contributed by atoms with van der Waals surface area (Å²) in [7, 11) is 0. The van der Waals surface area contributed by atoms with E-state index in [-0.39, 0.29) is 18.6 Å². The number of carbonyl (C=O) groups excluding carboxylic acids is 2. The number of nitrogens with one attached hydrogen (secondary N) is 1. The van der Waals surface area contributed by atoms with Crippen LogP contribution in [0.25, 0.3) is 0 Å². The second-order valence-electron chi connectivity index (χ2n) is 6.42. The maximum absolute atomic E-state index is 12.0. The number of esters is 1. The first kappa shape index (κ1) is 19.4. The Morgan fingerprint density at radius 1 is 1.24 bits per heavy atom. The Kier molecular flexibility index (Phi) is 7.88. The molecule has 1 aliphatic rings. The van der Waals surface area contributed by atoms with Crippen molar-refractivity contribution in [1.29, 1.82) is 0 Å². The number of amides is 1. The summed E-state index contributed by atoms with van der Waals surface area (Å²) < 4.78 is 10.4. The smallest absolute Gasteiger partial charge is 0.338 e. The molecular formula is C19H28N2O4. The maximum Gasteiger partial charge on any atom is 0.338 e. The van der Waals surface area contributed by atoms with Crippen molar-refractivity contribution in [1.82, 2.24) is 10.2 Å². The summed E-state index contributed by atoms with van der Waals surface area (Å²) in [5.74, 6) is -0.741. The number of hydrogen-bond donors (Lipinski definition) is 1. The van der Waals surface area contributed by atoms with Gasteiger partial charge in [0.1, 0.15) is 0 Å². The quantitative estimate of drug-likeness (QED) is 0.728. The minimum Gasteiger partial charge on any atom is -0.452 e. The van der Waals surface area contributed by atoms with Crippen molar-refractivity contribution in [3.63, 3.8) is 0 Å². The Morgan fingerprint density at radius 3 is 2.56 bits per heavy atom. The molecule has 0 saturated carbocycles. The fourth-order valence-electron chi connectivity index (χ4n) is 2.80. The molecule has 25 heavy (non-hydrogen) atoms. The lowest BCUT2D eigenvalue weighted by molar-refractivity contribution is -0.124. The molecule has 0 unspecified atom stereocenters. The standard InChI is InChI=1S/C19H28N2O4/c1-3-4-15(2)20-18(22)14-25-19(23)17-7-5-16(6-8-17)13-21-9-11-24-12-10-21/h5-8,15H,3-4,9-14H2,1-2H3,(H,20,22)/t15-/m1/s1. The second kappa shape index (κ2) is 10.2. The Bertz CT molecular complexity index is 553. The Balaban J connectivity index is 1.76. The van der Waals surface area contributed by atoms with Gasteiger partial charge in [-0.15, -0.1) is 0 Å². The van der Waals surface area contributed by atoms with Crippen LogP contribution in [0, 0.1) is 0 Å². The minimum absolute atomic E-state index is 0.0932. The number of hydrogen-bond acceptors (Lipinski definition) is 5. The number of ether oxygens (including phenoxy) is 2. The van der Waals surface area contributed by atoms with E-state index in [2.05, 4.69) is 17.1 Å². The lowest BCUT2D eigenvalue weighted by Gasteiger charge is -2.26. The van der Waals surface area contributed by atoms with Crippen LogP contribution in [0.15, 0.2) is 24.3 Å². The first-order chi connectivity index (χ1) is 12.1. The SMILES string of the molecule is CCC[C@@H](C)NC(=O)COC(=O)c1ccc(CN2CCOCC2)cc1. The van der Waals surface area contributed by atoms with E-state index >= 15 is 0 Å². The van der Waals surface area contributed by atoms with Crippen molar-refractivity contribution < 1.29 is 19.1 Å². The van der Waals surface area contributed by atoms with Gasteiger partial charge in [0.15, 0.2) is 6.61 Å². The Hall–Kier alpha value is -1.92. The molecule has 1 saturated heterocycles. The predicted octanol–water partition coefficient (Wildman–Crippen LogP) is 1.98. The van der Waals surface area contributed by atoms with Gasteiger partial charge >= 0.3 is 5.97 Å². The van der Waals surface area contributed by atoms with Crippen molar-refractivity contribution in [3.05, 3.63) is 35.4 Å². The molecule has 1 N–H and O–H groups in total. The summed E-state index contributed by atoms with van der Waals surface area (Å²) in [4.78, 5) is 26.1. The minimum atomic E-state index is -0.476. The molecule has 1 aromatic carbocycles. The summed E-state index contributed by atoms with van der Waals surface area (Å²) in [6, 6.07) is 7.44. The van der Waals surface area contributed by atoms with E-state index in [1.165, 1.54) is 0 Å². The molecule has 1 aromatic rings. The van der Waals surface area contributed by atoms with Crippen LogP contribution in [0.3, 0.4) is 0 Å². The zero-order valence-electron chi connectivity index (χ0n) is 15.1. The summed E-state index contributed by atoms with van der Waals surface area (Å²) in [6.07, 6.45) is 1.91. The zero-order chi connectivity index (χ0) is 18.1. The monoisotopic (exact) mass is 348 g/mol. The van der Waals surface area contributed by atoms with Gasteiger partial charge in [-0.3, -0.25) is 9.69 Å². The number of rotatable bonds is 8. The van der Waals surface area contributed by atoms with Crippen molar-refractivity contribution in [2.45, 2.75) is 39.3 Å². The number of benzene rings is 1. The normalized spacial score (nSPS) is 16.2. The highest BCUT2D eigenvalue weighted by molar-refractivity contribution is 5.91. The van der Waals surface area contributed by atoms with Crippen LogP contribution in [-0.2, 0) is 20.8 Å². The summed E-state index contributed by atoms with van der Waals surface area (Å²) in [5, 5.41) is 2.81. The molecule has 1 heterocycles. The molecule has 1 atom stereocenters. The first-order valence-electron chi connectivity index (χ1n) is 8.94. The molecule has 1 amide bonds. The third-order valence-electron chi connectivity index (χ3n) is 4.16. The van der Waals surface area contributed by atoms with Crippen molar-refractivity contribution in [3.8, 4) is 0 Å². The van der Waals surface area contributed by atoms with Crippen molar-refractivity contribution in [2.75, 3.05) is 32.9 Å². The molecule has 1 fully saturated rings. The van der Waals surface area contributed by atoms with Crippen LogP contribution < -0.4 is 5.32 Å². The van der Waals surface area contributed by atoms with E-state index in [1.54, 1.807) is 12.1 Å². The summed E-state index contributed by atoms with van der Waals surface area (Å²) >= 11 is 0. The molecule has 1 aliphatic heterocycles. The molecule has 0 radical (unpaired) electrons. The molecule has 0 spiro atoms. The topological polar surface area (TPSA) is 67.9 Å². The summed E-state index contributed by atoms with van der Waals surface area (Å²) in [6.45, 7) is 7.98. The first-order valence-corrected chi connectivity index (χ1v) is 8.94. The second-order valence-corrected chi connectivity index (χ2v) is 6.42. The average Bonchev–Trinajstić information content (AvgIpc) is 2.61. The van der Waals surface area contributed by atoms with Gasteiger partial charge in [-0.25, -0.2) is 4.79 Å². The van der Waals surface area contributed by atoms with E-state index in [9.17, 15) is 9.59 Å². The number of carbonyl (C=O) groups is 2. The summed E-state index contributed by atoms with van der Waals surface area (Å²) in [5.41, 5.74) is 1.60. The van der Waals surface area contributed by atoms with Crippen molar-refractivity contribution in [2.24, 2.45) is 0 Å². The molecule has 0 aromatic heterocycles. The predicted molar refractivity (Wildman–Crippen MR) is 95.3 cm³/mol. The van der Waals surface area contributed by atoms with Gasteiger partial charge in [-0.05, 0) is 31.0 Å². The van der Waals surface area contributed by atoms with Crippen LogP contribution in [0.4, 0.5) is 0 Å². The van der Waals surface area contributed by atoms with E-state index < -0.39 is 5.97 Å². The fourth-order valence-corrected chi connectivity index (χ4v) is 2.80. The Labute approximate surface area is 149 Å². The van der Waals surface area contributed by atoms with Gasteiger partial charge in [0, 0.05) is 25.7 Å². The highest BCUT2D eigenvalue weighted by Crippen LogP contribution is 2.10. The lowest BCUT2D eigenvalue weighted by atomic mass is 10.1. The molecule has 2 rings (SSSR count). The maximum atomic E-state index is 12.0. The number of nitrogens with zero attached hydrogens (tertiary/aromatic N) is 1. The van der Waals surface area contributed by atoms with Crippen LogP contribution >= 0.6 is 0 Å². The van der Waals surface area contributed by atoms with Crippen molar-refractivity contribution >= 4 is 11.9 Å². The highest BCUT2D eigenvalue weighted by Gasteiger charge is 2.13. The average molecular weight is 348 g/mol. The van der Waals surface area contributed by atoms with E-state index in [1.807, 2.05) is 19.1 Å². The van der Waals surface area contributed by atoms with E-state index in [0.29, 0.717) is 5.56 Å². The Morgan fingerprint density at radius 2 is 1.92 bits per heavy atom. The molecule has 138 valence electrons. The van der Waals surface area contributed by atoms with Crippen LogP contribution in [0.2, 0.25) is 0 Å². The molecular weight excluding hydrogens is 320 g/mol. The lowest BCUT2D eigenvalue weighted by Crippen LogP contribution is -2.35. The van der Waals surface area contributed by atoms with E-state index in [0.717, 1.165) is 51.3 Å². The van der Waals surface area contributed by atoms with Gasteiger partial charge in [-0.2, -0.15) is 0 Å².